The zero-order valence-electron chi connectivity index (χ0n) is 15.8. The Hall–Kier alpha value is -3.66. The molecule has 0 atom stereocenters. The molecule has 28 heavy (non-hydrogen) atoms. The number of aryl methyl sites for hydroxylation is 2. The van der Waals surface area contributed by atoms with Crippen molar-refractivity contribution in [2.24, 2.45) is 0 Å². The fourth-order valence-electron chi connectivity index (χ4n) is 3.82. The lowest BCUT2D eigenvalue weighted by Gasteiger charge is -1.92. The molecule has 0 saturated carbocycles. The summed E-state index contributed by atoms with van der Waals surface area (Å²) in [6.45, 7) is 4.05. The van der Waals surface area contributed by atoms with Crippen molar-refractivity contribution in [1.82, 2.24) is 19.9 Å². The van der Waals surface area contributed by atoms with Crippen LogP contribution in [0.4, 0.5) is 0 Å². The second-order valence-electron chi connectivity index (χ2n) is 6.98. The molecule has 0 spiro atoms. The van der Waals surface area contributed by atoms with Gasteiger partial charge in [-0.3, -0.25) is 9.97 Å². The minimum Gasteiger partial charge on any atom is -0.353 e. The number of nitrogens with zero attached hydrogens (tertiary/aromatic N) is 2. The van der Waals surface area contributed by atoms with Crippen LogP contribution in [0.15, 0.2) is 73.1 Å². The monoisotopic (exact) mass is 364 g/mol. The summed E-state index contributed by atoms with van der Waals surface area (Å²) in [4.78, 5) is 15.3. The molecule has 0 amide bonds. The summed E-state index contributed by atoms with van der Waals surface area (Å²) in [6, 6.07) is 20.8. The molecule has 0 unspecified atom stereocenters. The van der Waals surface area contributed by atoms with Gasteiger partial charge in [-0.15, -0.1) is 0 Å². The number of fused-ring (bicyclic) bond motifs is 6. The third-order valence-electron chi connectivity index (χ3n) is 5.23. The zero-order chi connectivity index (χ0) is 19.1. The molecule has 0 bridgehead atoms. The SMILES string of the molecule is Cc1nccc2c1[nH]c1ccccc12.Cc1nccc2c1[nH]c1ccccc12. The van der Waals surface area contributed by atoms with E-state index in [0.717, 1.165) is 22.4 Å². The maximum Gasteiger partial charge on any atom is 0.0681 e. The Balaban J connectivity index is 0.000000122. The molecule has 0 fully saturated rings. The number of rotatable bonds is 0. The van der Waals surface area contributed by atoms with E-state index in [1.165, 1.54) is 32.6 Å². The molecule has 136 valence electrons. The van der Waals surface area contributed by atoms with Gasteiger partial charge in [0.15, 0.2) is 0 Å². The Labute approximate surface area is 162 Å². The number of hydrogen-bond donors (Lipinski definition) is 2. The average Bonchev–Trinajstić information content (AvgIpc) is 3.29. The predicted molar refractivity (Wildman–Crippen MR) is 117 cm³/mol. The Kier molecular flexibility index (Phi) is 3.83. The van der Waals surface area contributed by atoms with E-state index in [2.05, 4.69) is 68.5 Å². The fraction of sp³-hybridized carbons (Fsp3) is 0.0833. The second kappa shape index (κ2) is 6.50. The van der Waals surface area contributed by atoms with Crippen LogP contribution in [0.25, 0.3) is 43.6 Å². The van der Waals surface area contributed by atoms with E-state index in [1.54, 1.807) is 0 Å². The first kappa shape index (κ1) is 16.5. The number of pyridine rings is 2. The highest BCUT2D eigenvalue weighted by Gasteiger charge is 2.05. The molecule has 2 N–H and O–H groups in total. The molecular weight excluding hydrogens is 344 g/mol. The predicted octanol–water partition coefficient (Wildman–Crippen LogP) is 6.05. The van der Waals surface area contributed by atoms with E-state index in [0.29, 0.717) is 0 Å². The van der Waals surface area contributed by atoms with Crippen LogP contribution in [0, 0.1) is 13.8 Å². The van der Waals surface area contributed by atoms with E-state index in [4.69, 9.17) is 0 Å². The summed E-state index contributed by atoms with van der Waals surface area (Å²) in [5.74, 6) is 0. The summed E-state index contributed by atoms with van der Waals surface area (Å²) in [5, 5.41) is 5.06. The number of benzene rings is 2. The lowest BCUT2D eigenvalue weighted by Crippen LogP contribution is -1.79. The second-order valence-corrected chi connectivity index (χ2v) is 6.98. The first-order valence-corrected chi connectivity index (χ1v) is 9.36. The van der Waals surface area contributed by atoms with Crippen molar-refractivity contribution in [3.8, 4) is 0 Å². The molecule has 2 aromatic carbocycles. The van der Waals surface area contributed by atoms with E-state index < -0.39 is 0 Å². The first-order valence-electron chi connectivity index (χ1n) is 9.36. The lowest BCUT2D eigenvalue weighted by atomic mass is 10.2. The number of para-hydroxylation sites is 2. The standard InChI is InChI=1S/2C12H10N2/c2*1-8-12-10(6-7-13-8)9-4-2-3-5-11(9)14-12/h2*2-7,14H,1H3. The third kappa shape index (κ3) is 2.62. The van der Waals surface area contributed by atoms with Crippen LogP contribution >= 0.6 is 0 Å². The van der Waals surface area contributed by atoms with E-state index in [1.807, 2.05) is 38.4 Å². The molecule has 0 aliphatic rings. The number of aromatic amines is 2. The van der Waals surface area contributed by atoms with E-state index >= 15 is 0 Å². The number of H-pyrrole nitrogens is 2. The summed E-state index contributed by atoms with van der Waals surface area (Å²) in [7, 11) is 0. The lowest BCUT2D eigenvalue weighted by molar-refractivity contribution is 1.22. The molecule has 4 heterocycles. The van der Waals surface area contributed by atoms with Gasteiger partial charge in [0, 0.05) is 45.0 Å². The van der Waals surface area contributed by atoms with Crippen molar-refractivity contribution in [3.05, 3.63) is 84.4 Å². The van der Waals surface area contributed by atoms with E-state index in [-0.39, 0.29) is 0 Å². The van der Waals surface area contributed by atoms with Gasteiger partial charge in [-0.25, -0.2) is 0 Å². The van der Waals surface area contributed by atoms with Gasteiger partial charge in [0.1, 0.15) is 0 Å². The summed E-state index contributed by atoms with van der Waals surface area (Å²) >= 11 is 0. The largest absolute Gasteiger partial charge is 0.353 e. The summed E-state index contributed by atoms with van der Waals surface area (Å²) in [5.41, 5.74) is 6.76. The molecular formula is C24H20N4. The van der Waals surface area contributed by atoms with Crippen molar-refractivity contribution >= 4 is 43.6 Å². The van der Waals surface area contributed by atoms with Crippen molar-refractivity contribution in [3.63, 3.8) is 0 Å². The average molecular weight is 364 g/mol. The van der Waals surface area contributed by atoms with Gasteiger partial charge in [0.05, 0.1) is 22.4 Å². The minimum absolute atomic E-state index is 1.05. The van der Waals surface area contributed by atoms with Gasteiger partial charge in [0.2, 0.25) is 0 Å². The number of aromatic nitrogens is 4. The van der Waals surface area contributed by atoms with Gasteiger partial charge in [-0.2, -0.15) is 0 Å². The number of nitrogens with one attached hydrogen (secondary N) is 2. The Morgan fingerprint density at radius 2 is 0.964 bits per heavy atom. The molecule has 0 radical (unpaired) electrons. The van der Waals surface area contributed by atoms with Crippen LogP contribution in [-0.4, -0.2) is 19.9 Å². The highest BCUT2D eigenvalue weighted by molar-refractivity contribution is 6.08. The van der Waals surface area contributed by atoms with Crippen LogP contribution in [0.5, 0.6) is 0 Å². The Morgan fingerprint density at radius 3 is 1.43 bits per heavy atom. The molecule has 4 heteroatoms. The summed E-state index contributed by atoms with van der Waals surface area (Å²) in [6.07, 6.45) is 3.72. The smallest absolute Gasteiger partial charge is 0.0681 e. The molecule has 4 aromatic heterocycles. The molecule has 0 aliphatic carbocycles. The highest BCUT2D eigenvalue weighted by atomic mass is 14.8. The van der Waals surface area contributed by atoms with Crippen molar-refractivity contribution in [1.29, 1.82) is 0 Å². The van der Waals surface area contributed by atoms with Crippen LogP contribution in [0.1, 0.15) is 11.4 Å². The van der Waals surface area contributed by atoms with Crippen molar-refractivity contribution < 1.29 is 0 Å². The van der Waals surface area contributed by atoms with Crippen molar-refractivity contribution in [2.45, 2.75) is 13.8 Å². The minimum atomic E-state index is 1.05. The van der Waals surface area contributed by atoms with Crippen LogP contribution in [0.2, 0.25) is 0 Å². The van der Waals surface area contributed by atoms with Crippen LogP contribution in [0.3, 0.4) is 0 Å². The Bertz CT molecular complexity index is 1330. The topological polar surface area (TPSA) is 57.4 Å². The first-order chi connectivity index (χ1) is 13.7. The van der Waals surface area contributed by atoms with Crippen LogP contribution in [-0.2, 0) is 0 Å². The molecule has 0 saturated heterocycles. The Morgan fingerprint density at radius 1 is 0.536 bits per heavy atom. The maximum absolute atomic E-state index is 4.27. The van der Waals surface area contributed by atoms with E-state index in [9.17, 15) is 0 Å². The van der Waals surface area contributed by atoms with Gasteiger partial charge >= 0.3 is 0 Å². The quantitative estimate of drug-likeness (QED) is 0.345. The van der Waals surface area contributed by atoms with Gasteiger partial charge < -0.3 is 9.97 Å². The molecule has 0 aliphatic heterocycles. The van der Waals surface area contributed by atoms with Crippen LogP contribution < -0.4 is 0 Å². The van der Waals surface area contributed by atoms with Crippen molar-refractivity contribution in [2.75, 3.05) is 0 Å². The van der Waals surface area contributed by atoms with Gasteiger partial charge in [-0.1, -0.05) is 36.4 Å². The normalized spacial score (nSPS) is 11.2. The molecule has 6 rings (SSSR count). The molecule has 6 aromatic rings. The third-order valence-corrected chi connectivity index (χ3v) is 5.23. The summed E-state index contributed by atoms with van der Waals surface area (Å²) < 4.78 is 0. The van der Waals surface area contributed by atoms with Gasteiger partial charge in [0.25, 0.3) is 0 Å². The molecule has 4 nitrogen and oxygen atoms in total. The van der Waals surface area contributed by atoms with Gasteiger partial charge in [-0.05, 0) is 38.1 Å². The zero-order valence-corrected chi connectivity index (χ0v) is 15.8. The maximum atomic E-state index is 4.27. The highest BCUT2D eigenvalue weighted by Crippen LogP contribution is 2.26. The number of hydrogen-bond acceptors (Lipinski definition) is 2. The fourth-order valence-corrected chi connectivity index (χ4v) is 3.82.